The Balaban J connectivity index is 1.38. The number of carbonyl (C=O) groups excluding carboxylic acids is 1. The first-order valence-corrected chi connectivity index (χ1v) is 13.1. The number of likely N-dealkylation sites (N-methyl/N-ethyl adjacent to an activating group) is 1. The number of esters is 1. The van der Waals surface area contributed by atoms with Crippen molar-refractivity contribution in [1.29, 1.82) is 0 Å². The number of fused-ring (bicyclic) bond motifs is 2. The summed E-state index contributed by atoms with van der Waals surface area (Å²) in [6.07, 6.45) is 2.35. The molecule has 0 saturated carbocycles. The number of hydrogen-bond acceptors (Lipinski definition) is 9. The summed E-state index contributed by atoms with van der Waals surface area (Å²) < 4.78 is 13.0. The molecule has 0 amide bonds. The fraction of sp³-hybridized carbons (Fsp3) is 0.458. The fourth-order valence-corrected chi connectivity index (χ4v) is 5.45. The quantitative estimate of drug-likeness (QED) is 0.288. The zero-order valence-corrected chi connectivity index (χ0v) is 21.5. The Morgan fingerprint density at radius 3 is 2.86 bits per heavy atom. The second kappa shape index (κ2) is 10.6. The van der Waals surface area contributed by atoms with Gasteiger partial charge >= 0.3 is 5.97 Å². The molecule has 3 aromatic rings. The first kappa shape index (κ1) is 24.2. The van der Waals surface area contributed by atoms with E-state index in [9.17, 15) is 4.79 Å². The van der Waals surface area contributed by atoms with Gasteiger partial charge in [0.25, 0.3) is 0 Å². The number of pyridine rings is 1. The molecular weight excluding hydrogens is 488 g/mol. The SMILES string of the molecule is COc1cc2c(cc1-n1nc(C(=O)OCCCN3CCN(C)CC3)c3cnc(Cl)cc31)SCCN2. The van der Waals surface area contributed by atoms with Crippen LogP contribution in [0.5, 0.6) is 5.75 Å². The maximum atomic E-state index is 13.0. The standard InChI is InChI=1S/C24H29ClN6O3S/c1-29-6-8-30(9-7-29)5-3-10-34-24(32)23-16-15-27-22(25)14-18(16)31(28-23)19-13-21-17(12-20(19)33-2)26-4-11-35-21/h12-15,26H,3-11H2,1-2H3. The summed E-state index contributed by atoms with van der Waals surface area (Å²) in [4.78, 5) is 23.1. The van der Waals surface area contributed by atoms with E-state index in [-0.39, 0.29) is 5.69 Å². The molecule has 2 aliphatic heterocycles. The number of rotatable bonds is 7. The Bertz CT molecular complexity index is 1230. The average Bonchev–Trinajstić information content (AvgIpc) is 3.25. The topological polar surface area (TPSA) is 84.8 Å². The Labute approximate surface area is 213 Å². The zero-order valence-electron chi connectivity index (χ0n) is 19.9. The van der Waals surface area contributed by atoms with Gasteiger partial charge in [-0.05, 0) is 19.5 Å². The molecule has 35 heavy (non-hydrogen) atoms. The van der Waals surface area contributed by atoms with E-state index in [0.29, 0.717) is 28.4 Å². The molecule has 1 N–H and O–H groups in total. The summed E-state index contributed by atoms with van der Waals surface area (Å²) in [6, 6.07) is 5.69. The van der Waals surface area contributed by atoms with E-state index < -0.39 is 5.97 Å². The lowest BCUT2D eigenvalue weighted by molar-refractivity contribution is 0.0474. The summed E-state index contributed by atoms with van der Waals surface area (Å²) in [5.41, 5.74) is 2.64. The van der Waals surface area contributed by atoms with Crippen molar-refractivity contribution in [3.63, 3.8) is 0 Å². The van der Waals surface area contributed by atoms with Gasteiger partial charge in [-0.1, -0.05) is 11.6 Å². The number of hydrogen-bond donors (Lipinski definition) is 1. The number of thioether (sulfide) groups is 1. The second-order valence-electron chi connectivity index (χ2n) is 8.71. The van der Waals surface area contributed by atoms with Crippen molar-refractivity contribution in [2.24, 2.45) is 0 Å². The second-order valence-corrected chi connectivity index (χ2v) is 10.2. The van der Waals surface area contributed by atoms with Gasteiger partial charge in [0.1, 0.15) is 16.6 Å². The van der Waals surface area contributed by atoms with Gasteiger partial charge in [-0.2, -0.15) is 5.10 Å². The van der Waals surface area contributed by atoms with E-state index in [1.54, 1.807) is 35.8 Å². The third-order valence-corrected chi connectivity index (χ3v) is 7.62. The van der Waals surface area contributed by atoms with Crippen molar-refractivity contribution in [2.45, 2.75) is 11.3 Å². The van der Waals surface area contributed by atoms with Crippen molar-refractivity contribution in [3.05, 3.63) is 35.2 Å². The molecular formula is C24H29ClN6O3S. The van der Waals surface area contributed by atoms with Gasteiger partial charge < -0.3 is 24.6 Å². The molecule has 0 aliphatic carbocycles. The number of nitrogens with one attached hydrogen (secondary N) is 1. The smallest absolute Gasteiger partial charge is 0.359 e. The number of halogens is 1. The van der Waals surface area contributed by atoms with E-state index in [2.05, 4.69) is 32.2 Å². The van der Waals surface area contributed by atoms with Crippen LogP contribution in [0.1, 0.15) is 16.9 Å². The highest BCUT2D eigenvalue weighted by atomic mass is 35.5. The van der Waals surface area contributed by atoms with Gasteiger partial charge in [0, 0.05) is 68.2 Å². The lowest BCUT2D eigenvalue weighted by Gasteiger charge is -2.32. The van der Waals surface area contributed by atoms with Crippen molar-refractivity contribution >= 4 is 45.9 Å². The molecule has 1 saturated heterocycles. The minimum atomic E-state index is -0.468. The Kier molecular flexibility index (Phi) is 7.33. The van der Waals surface area contributed by atoms with Crippen molar-refractivity contribution in [3.8, 4) is 11.4 Å². The van der Waals surface area contributed by atoms with E-state index >= 15 is 0 Å². The minimum absolute atomic E-state index is 0.217. The molecule has 186 valence electrons. The van der Waals surface area contributed by atoms with Crippen LogP contribution in [0.15, 0.2) is 29.3 Å². The highest BCUT2D eigenvalue weighted by Crippen LogP contribution is 2.39. The third kappa shape index (κ3) is 5.20. The molecule has 0 radical (unpaired) electrons. The largest absolute Gasteiger partial charge is 0.494 e. The highest BCUT2D eigenvalue weighted by molar-refractivity contribution is 7.99. The molecule has 0 bridgehead atoms. The van der Waals surface area contributed by atoms with E-state index in [4.69, 9.17) is 21.1 Å². The van der Waals surface area contributed by atoms with Crippen molar-refractivity contribution < 1.29 is 14.3 Å². The predicted molar refractivity (Wildman–Crippen MR) is 138 cm³/mol. The predicted octanol–water partition coefficient (Wildman–Crippen LogP) is 3.39. The van der Waals surface area contributed by atoms with Crippen molar-refractivity contribution in [2.75, 3.05) is 71.1 Å². The minimum Gasteiger partial charge on any atom is -0.494 e. The van der Waals surface area contributed by atoms with Crippen LogP contribution in [0.2, 0.25) is 5.15 Å². The molecule has 2 aliphatic rings. The first-order valence-electron chi connectivity index (χ1n) is 11.7. The Morgan fingerprint density at radius 1 is 1.23 bits per heavy atom. The summed E-state index contributed by atoms with van der Waals surface area (Å²) in [5.74, 6) is 1.15. The van der Waals surface area contributed by atoms with Crippen molar-refractivity contribution in [1.82, 2.24) is 24.6 Å². The number of piperazine rings is 1. The number of carbonyl (C=O) groups is 1. The number of benzene rings is 1. The molecule has 0 atom stereocenters. The van der Waals surface area contributed by atoms with Crippen LogP contribution in [0.25, 0.3) is 16.6 Å². The number of nitrogens with zero attached hydrogens (tertiary/aromatic N) is 5. The normalized spacial score (nSPS) is 16.7. The molecule has 9 nitrogen and oxygen atoms in total. The monoisotopic (exact) mass is 516 g/mol. The molecule has 1 aromatic carbocycles. The number of aromatic nitrogens is 3. The molecule has 4 heterocycles. The third-order valence-electron chi connectivity index (χ3n) is 6.36. The summed E-state index contributed by atoms with van der Waals surface area (Å²) in [7, 11) is 3.76. The van der Waals surface area contributed by atoms with E-state index in [1.807, 2.05) is 12.1 Å². The number of methoxy groups -OCH3 is 1. The van der Waals surface area contributed by atoms with Crippen LogP contribution in [0.4, 0.5) is 5.69 Å². The van der Waals surface area contributed by atoms with Crippen LogP contribution in [0.3, 0.4) is 0 Å². The van der Waals surface area contributed by atoms with Crippen LogP contribution < -0.4 is 10.1 Å². The van der Waals surface area contributed by atoms with Gasteiger partial charge in [0.2, 0.25) is 0 Å². The number of ether oxygens (including phenoxy) is 2. The van der Waals surface area contributed by atoms with Gasteiger partial charge in [-0.15, -0.1) is 11.8 Å². The molecule has 2 aromatic heterocycles. The fourth-order valence-electron chi connectivity index (χ4n) is 4.40. The average molecular weight is 517 g/mol. The summed E-state index contributed by atoms with van der Waals surface area (Å²) >= 11 is 7.99. The van der Waals surface area contributed by atoms with Gasteiger partial charge in [-0.25, -0.2) is 14.5 Å². The van der Waals surface area contributed by atoms with Crippen LogP contribution >= 0.6 is 23.4 Å². The lowest BCUT2D eigenvalue weighted by atomic mass is 10.2. The molecule has 5 rings (SSSR count). The van der Waals surface area contributed by atoms with Gasteiger partial charge in [0.15, 0.2) is 5.69 Å². The van der Waals surface area contributed by atoms with Gasteiger partial charge in [0.05, 0.1) is 30.3 Å². The van der Waals surface area contributed by atoms with Gasteiger partial charge in [-0.3, -0.25) is 0 Å². The highest BCUT2D eigenvalue weighted by Gasteiger charge is 2.24. The summed E-state index contributed by atoms with van der Waals surface area (Å²) in [6.45, 7) is 6.37. The Morgan fingerprint density at radius 2 is 2.06 bits per heavy atom. The number of anilines is 1. The van der Waals surface area contributed by atoms with E-state index in [0.717, 1.165) is 67.7 Å². The maximum Gasteiger partial charge on any atom is 0.359 e. The van der Waals surface area contributed by atoms with E-state index in [1.165, 1.54) is 0 Å². The lowest BCUT2D eigenvalue weighted by Crippen LogP contribution is -2.44. The first-order chi connectivity index (χ1) is 17.0. The van der Waals surface area contributed by atoms with Crippen LogP contribution in [-0.4, -0.2) is 96.3 Å². The molecule has 11 heteroatoms. The molecule has 0 spiro atoms. The zero-order chi connectivity index (χ0) is 24.4. The Hall–Kier alpha value is -2.53. The summed E-state index contributed by atoms with van der Waals surface area (Å²) in [5, 5.41) is 8.96. The molecule has 1 fully saturated rings. The maximum absolute atomic E-state index is 13.0. The molecule has 0 unspecified atom stereocenters. The van der Waals surface area contributed by atoms with Crippen LogP contribution in [-0.2, 0) is 4.74 Å². The van der Waals surface area contributed by atoms with Crippen LogP contribution in [0, 0.1) is 0 Å².